The van der Waals surface area contributed by atoms with Crippen LogP contribution in [0.3, 0.4) is 0 Å². The molecular formula is C12H13N5S. The van der Waals surface area contributed by atoms with Gasteiger partial charge in [-0.15, -0.1) is 11.3 Å². The van der Waals surface area contributed by atoms with Gasteiger partial charge in [-0.25, -0.2) is 9.97 Å². The van der Waals surface area contributed by atoms with Crippen molar-refractivity contribution in [2.24, 2.45) is 0 Å². The second-order valence-corrected chi connectivity index (χ2v) is 5.49. The number of hydrogen-bond donors (Lipinski definition) is 1. The van der Waals surface area contributed by atoms with Gasteiger partial charge in [-0.05, 0) is 26.3 Å². The van der Waals surface area contributed by atoms with Crippen molar-refractivity contribution in [2.75, 3.05) is 5.73 Å². The summed E-state index contributed by atoms with van der Waals surface area (Å²) in [5, 5.41) is 5.42. The third-order valence-corrected chi connectivity index (χ3v) is 4.12. The van der Waals surface area contributed by atoms with Crippen molar-refractivity contribution in [1.29, 1.82) is 0 Å². The summed E-state index contributed by atoms with van der Waals surface area (Å²) in [5.74, 6) is 1.35. The van der Waals surface area contributed by atoms with E-state index < -0.39 is 0 Å². The van der Waals surface area contributed by atoms with Gasteiger partial charge < -0.3 is 5.73 Å². The monoisotopic (exact) mass is 259 g/mol. The Morgan fingerprint density at radius 1 is 1.22 bits per heavy atom. The van der Waals surface area contributed by atoms with Gasteiger partial charge in [-0.1, -0.05) is 0 Å². The van der Waals surface area contributed by atoms with Crippen molar-refractivity contribution in [1.82, 2.24) is 19.7 Å². The zero-order valence-electron chi connectivity index (χ0n) is 10.4. The van der Waals surface area contributed by atoms with Crippen LogP contribution < -0.4 is 5.73 Å². The van der Waals surface area contributed by atoms with Crippen molar-refractivity contribution < 1.29 is 0 Å². The Morgan fingerprint density at radius 3 is 2.67 bits per heavy atom. The van der Waals surface area contributed by atoms with E-state index in [2.05, 4.69) is 28.9 Å². The van der Waals surface area contributed by atoms with Crippen LogP contribution in [0.2, 0.25) is 0 Å². The molecule has 0 fully saturated rings. The number of rotatable bonds is 1. The first-order valence-corrected chi connectivity index (χ1v) is 6.43. The minimum Gasteiger partial charge on any atom is -0.384 e. The maximum Gasteiger partial charge on any atom is 0.168 e. The lowest BCUT2D eigenvalue weighted by molar-refractivity contribution is 0.845. The summed E-state index contributed by atoms with van der Waals surface area (Å²) in [5.41, 5.74) is 8.04. The van der Waals surface area contributed by atoms with Crippen LogP contribution in [0.25, 0.3) is 16.0 Å². The number of anilines is 1. The van der Waals surface area contributed by atoms with Crippen molar-refractivity contribution in [3.63, 3.8) is 0 Å². The quantitative estimate of drug-likeness (QED) is 0.728. The lowest BCUT2D eigenvalue weighted by atomic mass is 10.2. The second kappa shape index (κ2) is 3.78. The molecule has 5 nitrogen and oxygen atoms in total. The molecule has 92 valence electrons. The van der Waals surface area contributed by atoms with Crippen LogP contribution in [-0.2, 0) is 0 Å². The molecule has 18 heavy (non-hydrogen) atoms. The molecule has 0 unspecified atom stereocenters. The standard InChI is InChI=1S/C12H13N5S/c1-6-4-9(13)17(16-6)11-10-7(2)8(3)18-12(10)15-5-14-11/h4-5H,13H2,1-3H3. The topological polar surface area (TPSA) is 69.6 Å². The normalized spacial score (nSPS) is 11.3. The van der Waals surface area contributed by atoms with Gasteiger partial charge in [-0.3, -0.25) is 0 Å². The Bertz CT molecular complexity index is 740. The van der Waals surface area contributed by atoms with Gasteiger partial charge in [0.2, 0.25) is 0 Å². The van der Waals surface area contributed by atoms with Gasteiger partial charge in [0.25, 0.3) is 0 Å². The van der Waals surface area contributed by atoms with Gasteiger partial charge in [0, 0.05) is 10.9 Å². The molecule has 0 saturated heterocycles. The number of aryl methyl sites for hydroxylation is 3. The Balaban J connectivity index is 2.39. The smallest absolute Gasteiger partial charge is 0.168 e. The summed E-state index contributed by atoms with van der Waals surface area (Å²) >= 11 is 1.67. The predicted molar refractivity (Wildman–Crippen MR) is 73.2 cm³/mol. The molecule has 0 aliphatic heterocycles. The van der Waals surface area contributed by atoms with Crippen molar-refractivity contribution in [3.05, 3.63) is 28.5 Å². The third-order valence-electron chi connectivity index (χ3n) is 3.01. The number of nitrogens with two attached hydrogens (primary N) is 1. The molecule has 0 spiro atoms. The average molecular weight is 259 g/mol. The van der Waals surface area contributed by atoms with Crippen molar-refractivity contribution >= 4 is 27.4 Å². The molecule has 3 aromatic heterocycles. The summed E-state index contributed by atoms with van der Waals surface area (Å²) in [7, 11) is 0. The van der Waals surface area contributed by atoms with Crippen LogP contribution in [0, 0.1) is 20.8 Å². The van der Waals surface area contributed by atoms with Crippen LogP contribution in [-0.4, -0.2) is 19.7 Å². The average Bonchev–Trinajstić information content (AvgIpc) is 2.80. The number of nitrogens with zero attached hydrogens (tertiary/aromatic N) is 4. The molecule has 3 aromatic rings. The van der Waals surface area contributed by atoms with Gasteiger partial charge in [-0.2, -0.15) is 9.78 Å². The number of aromatic nitrogens is 4. The molecule has 6 heteroatoms. The fourth-order valence-electron chi connectivity index (χ4n) is 2.01. The highest BCUT2D eigenvalue weighted by molar-refractivity contribution is 7.18. The molecule has 0 aliphatic carbocycles. The predicted octanol–water partition coefficient (Wildman–Crippen LogP) is 2.38. The zero-order chi connectivity index (χ0) is 12.9. The summed E-state index contributed by atoms with van der Waals surface area (Å²) in [6.07, 6.45) is 1.56. The second-order valence-electron chi connectivity index (χ2n) is 4.28. The molecule has 0 atom stereocenters. The van der Waals surface area contributed by atoms with E-state index >= 15 is 0 Å². The molecule has 0 radical (unpaired) electrons. The molecule has 3 rings (SSSR count). The molecule has 0 aliphatic rings. The minimum atomic E-state index is 0.593. The molecule has 0 saturated carbocycles. The third kappa shape index (κ3) is 1.49. The van der Waals surface area contributed by atoms with Crippen LogP contribution in [0.1, 0.15) is 16.1 Å². The Labute approximate surface area is 108 Å². The molecule has 0 bridgehead atoms. The summed E-state index contributed by atoms with van der Waals surface area (Å²) < 4.78 is 1.68. The van der Waals surface area contributed by atoms with E-state index in [1.807, 2.05) is 13.0 Å². The Hall–Kier alpha value is -1.95. The van der Waals surface area contributed by atoms with E-state index in [1.165, 1.54) is 10.4 Å². The molecule has 0 aromatic carbocycles. The molecule has 0 amide bonds. The minimum absolute atomic E-state index is 0.593. The summed E-state index contributed by atoms with van der Waals surface area (Å²) in [6, 6.07) is 1.84. The van der Waals surface area contributed by atoms with E-state index in [0.29, 0.717) is 5.82 Å². The highest BCUT2D eigenvalue weighted by Crippen LogP contribution is 2.32. The van der Waals surface area contributed by atoms with E-state index in [-0.39, 0.29) is 0 Å². The van der Waals surface area contributed by atoms with Gasteiger partial charge in [0.1, 0.15) is 17.0 Å². The van der Waals surface area contributed by atoms with E-state index in [1.54, 1.807) is 22.3 Å². The number of hydrogen-bond acceptors (Lipinski definition) is 5. The SMILES string of the molecule is Cc1cc(N)n(-c2ncnc3sc(C)c(C)c23)n1. The first-order chi connectivity index (χ1) is 8.58. The summed E-state index contributed by atoms with van der Waals surface area (Å²) in [6.45, 7) is 6.08. The summed E-state index contributed by atoms with van der Waals surface area (Å²) in [4.78, 5) is 10.9. The Morgan fingerprint density at radius 2 is 2.00 bits per heavy atom. The molecule has 3 heterocycles. The maximum absolute atomic E-state index is 5.96. The maximum atomic E-state index is 5.96. The molecule has 2 N–H and O–H groups in total. The first-order valence-electron chi connectivity index (χ1n) is 5.61. The van der Waals surface area contributed by atoms with Crippen LogP contribution >= 0.6 is 11.3 Å². The van der Waals surface area contributed by atoms with Crippen molar-refractivity contribution in [3.8, 4) is 5.82 Å². The largest absolute Gasteiger partial charge is 0.384 e. The van der Waals surface area contributed by atoms with Gasteiger partial charge in [0.15, 0.2) is 5.82 Å². The van der Waals surface area contributed by atoms with E-state index in [9.17, 15) is 0 Å². The zero-order valence-corrected chi connectivity index (χ0v) is 11.2. The van der Waals surface area contributed by atoms with Gasteiger partial charge >= 0.3 is 0 Å². The van der Waals surface area contributed by atoms with Crippen LogP contribution in [0.15, 0.2) is 12.4 Å². The Kier molecular flexibility index (Phi) is 2.34. The highest BCUT2D eigenvalue weighted by Gasteiger charge is 2.15. The van der Waals surface area contributed by atoms with Crippen LogP contribution in [0.4, 0.5) is 5.82 Å². The van der Waals surface area contributed by atoms with E-state index in [4.69, 9.17) is 5.73 Å². The molecular weight excluding hydrogens is 246 g/mol. The first kappa shape index (κ1) is 11.2. The van der Waals surface area contributed by atoms with E-state index in [0.717, 1.165) is 21.7 Å². The number of thiophene rings is 1. The fourth-order valence-corrected chi connectivity index (χ4v) is 3.01. The number of fused-ring (bicyclic) bond motifs is 1. The lowest BCUT2D eigenvalue weighted by Gasteiger charge is -2.04. The fraction of sp³-hybridized carbons (Fsp3) is 0.250. The lowest BCUT2D eigenvalue weighted by Crippen LogP contribution is -2.05. The number of nitrogen functional groups attached to an aromatic ring is 1. The van der Waals surface area contributed by atoms with Gasteiger partial charge in [0.05, 0.1) is 11.1 Å². The highest BCUT2D eigenvalue weighted by atomic mass is 32.1. The van der Waals surface area contributed by atoms with Crippen molar-refractivity contribution in [2.45, 2.75) is 20.8 Å². The van der Waals surface area contributed by atoms with Crippen LogP contribution in [0.5, 0.6) is 0 Å².